The fourth-order valence-electron chi connectivity index (χ4n) is 10.1. The number of fused-ring (bicyclic) bond motifs is 1. The molecule has 209 valence electrons. The molecule has 2 aromatic rings. The number of rotatable bonds is 2. The molecule has 0 spiro atoms. The van der Waals surface area contributed by atoms with Crippen LogP contribution in [-0.2, 0) is 30.1 Å². The Morgan fingerprint density at radius 2 is 1.49 bits per heavy atom. The molecule has 6 bridgehead atoms. The standard InChI is InChI=1S/C26H27.C10H11NSi.2ClH.Zr/c1-17-9-22-3-2-4-24(25(22)10-17)21-5-7-23(8-6-21)26-14-18-11-19(15-26)13-20(12-18)16-26;1-6-9-7-4-5-11-8(7)10(6)12(9,2)3;;;/h2-10,18-20H,11-16H2,1H3;4-5H,1-3H3;2*1H;/q;;;;+2/p-2. The minimum absolute atomic E-state index is 0. The molecule has 0 N–H and O–H groups in total. The van der Waals surface area contributed by atoms with E-state index < -0.39 is 8.07 Å². The molecule has 4 saturated carbocycles. The molecule has 0 radical (unpaired) electrons. The molecule has 6 aliphatic carbocycles. The van der Waals surface area contributed by atoms with E-state index in [0.29, 0.717) is 9.04 Å². The van der Waals surface area contributed by atoms with E-state index in [1.807, 2.05) is 6.20 Å². The molecule has 9 aliphatic rings. The van der Waals surface area contributed by atoms with Crippen molar-refractivity contribution in [1.29, 1.82) is 0 Å². The van der Waals surface area contributed by atoms with Gasteiger partial charge in [0.25, 0.3) is 0 Å². The van der Waals surface area contributed by atoms with Crippen LogP contribution in [0, 0.1) is 17.8 Å². The van der Waals surface area contributed by atoms with Crippen LogP contribution in [0.4, 0.5) is 0 Å². The van der Waals surface area contributed by atoms with Crippen molar-refractivity contribution in [2.24, 2.45) is 22.7 Å². The second-order valence-electron chi connectivity index (χ2n) is 14.1. The van der Waals surface area contributed by atoms with E-state index in [2.05, 4.69) is 86.6 Å². The summed E-state index contributed by atoms with van der Waals surface area (Å²) in [7, 11) is -1.13. The molecule has 1 atom stereocenters. The Kier molecular flexibility index (Phi) is 7.58. The molecule has 1 unspecified atom stereocenters. The molecule has 1 nitrogen and oxygen atoms in total. The topological polar surface area (TPSA) is 12.4 Å². The average Bonchev–Trinajstić information content (AvgIpc) is 3.60. The number of nitrogens with zero attached hydrogens (tertiary/aromatic N) is 1. The van der Waals surface area contributed by atoms with Gasteiger partial charge < -0.3 is 24.8 Å². The predicted molar refractivity (Wildman–Crippen MR) is 162 cm³/mol. The predicted octanol–water partition coefficient (Wildman–Crippen LogP) is 3.22. The summed E-state index contributed by atoms with van der Waals surface area (Å²) in [6, 6.07) is 16.7. The Labute approximate surface area is 274 Å². The van der Waals surface area contributed by atoms with E-state index in [1.54, 1.807) is 40.7 Å². The van der Waals surface area contributed by atoms with Crippen molar-refractivity contribution < 1.29 is 49.5 Å². The molecular formula is C36H38Cl2NSiZr. The van der Waals surface area contributed by atoms with Crippen molar-refractivity contribution in [2.45, 2.75) is 74.5 Å². The third-order valence-electron chi connectivity index (χ3n) is 11.3. The van der Waals surface area contributed by atoms with Crippen molar-refractivity contribution in [3.05, 3.63) is 98.5 Å². The first-order chi connectivity index (χ1) is 18.7. The molecule has 11 rings (SSSR count). The van der Waals surface area contributed by atoms with E-state index in [4.69, 9.17) is 0 Å². The fraction of sp³-hybridized carbons (Fsp3) is 0.417. The van der Waals surface area contributed by atoms with Crippen molar-refractivity contribution in [3.63, 3.8) is 0 Å². The van der Waals surface area contributed by atoms with Crippen LogP contribution in [0.5, 0.6) is 0 Å². The average molecular weight is 675 g/mol. The maximum atomic E-state index is 4.42. The summed E-state index contributed by atoms with van der Waals surface area (Å²) in [5, 5.41) is 3.27. The van der Waals surface area contributed by atoms with Crippen LogP contribution in [0.15, 0.2) is 86.8 Å². The van der Waals surface area contributed by atoms with Gasteiger partial charge in [-0.15, -0.1) is 0 Å². The fourth-order valence-corrected chi connectivity index (χ4v) is 14.8. The number of halogens is 2. The Balaban J connectivity index is 0.000000182. The molecule has 3 heterocycles. The van der Waals surface area contributed by atoms with Crippen LogP contribution in [0.25, 0.3) is 17.2 Å². The largest absolute Gasteiger partial charge is 1.00 e. The number of aliphatic imine (C=N–C) groups is 1. The van der Waals surface area contributed by atoms with Crippen LogP contribution < -0.4 is 24.8 Å². The van der Waals surface area contributed by atoms with E-state index >= 15 is 0 Å². The molecule has 0 amide bonds. The Morgan fingerprint density at radius 3 is 2.07 bits per heavy atom. The van der Waals surface area contributed by atoms with Gasteiger partial charge in [0.2, 0.25) is 0 Å². The van der Waals surface area contributed by atoms with Crippen molar-refractivity contribution >= 4 is 19.9 Å². The minimum Gasteiger partial charge on any atom is -1.00 e. The van der Waals surface area contributed by atoms with E-state index in [0.717, 1.165) is 17.8 Å². The molecule has 0 aromatic heterocycles. The van der Waals surface area contributed by atoms with Gasteiger partial charge in [-0.1, -0.05) is 13.1 Å². The first kappa shape index (κ1) is 29.8. The molecule has 2 aromatic carbocycles. The number of hydrogen-bond acceptors (Lipinski definition) is 1. The van der Waals surface area contributed by atoms with Gasteiger partial charge in [-0.25, -0.2) is 0 Å². The third-order valence-corrected chi connectivity index (χ3v) is 17.0. The maximum absolute atomic E-state index is 4.42. The maximum Gasteiger partial charge on any atom is -1.00 e. The van der Waals surface area contributed by atoms with Gasteiger partial charge in [0.05, 0.1) is 5.71 Å². The molecule has 5 heteroatoms. The number of benzene rings is 2. The van der Waals surface area contributed by atoms with Gasteiger partial charge in [-0.05, 0) is 29.0 Å². The zero-order valence-electron chi connectivity index (χ0n) is 24.5. The van der Waals surface area contributed by atoms with Crippen LogP contribution in [0.1, 0.15) is 72.7 Å². The van der Waals surface area contributed by atoms with E-state index in [1.165, 1.54) is 83.2 Å². The summed E-state index contributed by atoms with van der Waals surface area (Å²) in [6.45, 7) is 9.38. The molecule has 3 aliphatic heterocycles. The van der Waals surface area contributed by atoms with Gasteiger partial charge in [0, 0.05) is 11.8 Å². The summed E-state index contributed by atoms with van der Waals surface area (Å²) < 4.78 is 0.651. The first-order valence-electron chi connectivity index (χ1n) is 15.1. The van der Waals surface area contributed by atoms with E-state index in [-0.39, 0.29) is 24.8 Å². The molecular weight excluding hydrogens is 637 g/mol. The summed E-state index contributed by atoms with van der Waals surface area (Å²) in [6.07, 6.45) is 15.5. The molecule has 0 saturated heterocycles. The Morgan fingerprint density at radius 1 is 0.854 bits per heavy atom. The van der Waals surface area contributed by atoms with Crippen LogP contribution in [0.3, 0.4) is 0 Å². The number of allylic oxidation sites excluding steroid dienone is 6. The van der Waals surface area contributed by atoms with Gasteiger partial charge in [-0.3, -0.25) is 4.99 Å². The summed E-state index contributed by atoms with van der Waals surface area (Å²) >= 11 is 1.61. The van der Waals surface area contributed by atoms with Crippen molar-refractivity contribution in [1.82, 2.24) is 0 Å². The van der Waals surface area contributed by atoms with Gasteiger partial charge in [0.15, 0.2) is 0 Å². The second kappa shape index (κ2) is 10.4. The minimum atomic E-state index is -1.13. The quantitative estimate of drug-likeness (QED) is 0.435. The smallest absolute Gasteiger partial charge is 1.00 e. The molecule has 4 fully saturated rings. The summed E-state index contributed by atoms with van der Waals surface area (Å²) in [4.78, 5) is 4.42. The van der Waals surface area contributed by atoms with Gasteiger partial charge in [0.1, 0.15) is 8.07 Å². The molecule has 41 heavy (non-hydrogen) atoms. The van der Waals surface area contributed by atoms with Crippen LogP contribution in [-0.4, -0.2) is 13.8 Å². The normalized spacial score (nSPS) is 31.9. The van der Waals surface area contributed by atoms with E-state index in [9.17, 15) is 0 Å². The van der Waals surface area contributed by atoms with Crippen LogP contribution >= 0.6 is 0 Å². The second-order valence-corrected chi connectivity index (χ2v) is 19.8. The van der Waals surface area contributed by atoms with Gasteiger partial charge >= 0.3 is 179 Å². The summed E-state index contributed by atoms with van der Waals surface area (Å²) in [5.74, 6) is 3.06. The van der Waals surface area contributed by atoms with Crippen LogP contribution in [0.2, 0.25) is 13.1 Å². The number of hydrogen-bond donors (Lipinski definition) is 0. The van der Waals surface area contributed by atoms with Crippen molar-refractivity contribution in [3.8, 4) is 11.1 Å². The zero-order valence-corrected chi connectivity index (χ0v) is 29.5. The van der Waals surface area contributed by atoms with Crippen molar-refractivity contribution in [2.75, 3.05) is 0 Å². The SMILES string of the molecule is CC1=C2C3=NC=CC3=C1[Si]2(C)C.CC1=Cc2c(-c3ccc(C45CC6CC(CC(C6)C4)C5)cc3)cccc2[CH]1[Zr+2].[Cl-].[Cl-]. The monoisotopic (exact) mass is 672 g/mol. The van der Waals surface area contributed by atoms with Gasteiger partial charge in [-0.2, -0.15) is 0 Å². The first-order valence-corrected chi connectivity index (χ1v) is 19.5. The summed E-state index contributed by atoms with van der Waals surface area (Å²) in [5.41, 5.74) is 13.8. The Hall–Kier alpha value is -1.25. The zero-order chi connectivity index (χ0) is 26.7. The third kappa shape index (κ3) is 4.34. The Bertz CT molecular complexity index is 1550.